The van der Waals surface area contributed by atoms with Gasteiger partial charge in [-0.2, -0.15) is 5.10 Å². The van der Waals surface area contributed by atoms with E-state index < -0.39 is 0 Å². The molecular weight excluding hydrogens is 250 g/mol. The number of nitrogens with zero attached hydrogens (tertiary/aromatic N) is 1. The molecular formula is C16H15N3O. The van der Waals surface area contributed by atoms with Gasteiger partial charge in [-0.05, 0) is 55.8 Å². The van der Waals surface area contributed by atoms with Crippen molar-refractivity contribution in [3.05, 3.63) is 53.7 Å². The Morgan fingerprint density at radius 1 is 1.15 bits per heavy atom. The minimum absolute atomic E-state index is 0.0907. The third-order valence-electron chi connectivity index (χ3n) is 3.34. The van der Waals surface area contributed by atoms with Crippen LogP contribution >= 0.6 is 0 Å². The first-order valence-corrected chi connectivity index (χ1v) is 6.45. The number of hydrogen-bond donors (Lipinski definition) is 2. The van der Waals surface area contributed by atoms with Crippen LogP contribution < -0.4 is 5.32 Å². The Kier molecular flexibility index (Phi) is 2.99. The number of aryl methyl sites for hydroxylation is 1. The molecule has 0 aliphatic heterocycles. The number of Topliss-reactive ketones (excluding diaryl/α,β-unsaturated/α-hetero) is 1. The van der Waals surface area contributed by atoms with Gasteiger partial charge in [0.25, 0.3) is 0 Å². The fourth-order valence-electron chi connectivity index (χ4n) is 2.32. The Morgan fingerprint density at radius 2 is 1.90 bits per heavy atom. The first kappa shape index (κ1) is 12.4. The van der Waals surface area contributed by atoms with Crippen LogP contribution in [0.2, 0.25) is 0 Å². The lowest BCUT2D eigenvalue weighted by atomic mass is 10.0. The van der Waals surface area contributed by atoms with Crippen molar-refractivity contribution in [2.24, 2.45) is 0 Å². The van der Waals surface area contributed by atoms with E-state index in [9.17, 15) is 4.79 Å². The number of benzene rings is 2. The highest BCUT2D eigenvalue weighted by Gasteiger charge is 2.05. The minimum Gasteiger partial charge on any atom is -0.355 e. The maximum atomic E-state index is 11.4. The van der Waals surface area contributed by atoms with E-state index >= 15 is 0 Å². The van der Waals surface area contributed by atoms with Crippen LogP contribution in [0.15, 0.2) is 42.6 Å². The smallest absolute Gasteiger partial charge is 0.160 e. The first-order chi connectivity index (χ1) is 9.63. The van der Waals surface area contributed by atoms with Crippen LogP contribution in [0.1, 0.15) is 22.8 Å². The first-order valence-electron chi connectivity index (χ1n) is 6.45. The minimum atomic E-state index is 0.0907. The van der Waals surface area contributed by atoms with Gasteiger partial charge >= 0.3 is 0 Å². The summed E-state index contributed by atoms with van der Waals surface area (Å²) < 4.78 is 0. The molecule has 0 fully saturated rings. The molecule has 0 spiro atoms. The number of fused-ring (bicyclic) bond motifs is 1. The van der Waals surface area contributed by atoms with Crippen molar-refractivity contribution in [2.75, 3.05) is 5.32 Å². The molecule has 3 aromatic rings. The predicted molar refractivity (Wildman–Crippen MR) is 80.6 cm³/mol. The van der Waals surface area contributed by atoms with Crippen LogP contribution in [0.4, 0.5) is 11.4 Å². The molecule has 0 bridgehead atoms. The molecule has 1 aromatic heterocycles. The Bertz CT molecular complexity index is 789. The molecule has 3 rings (SSSR count). The van der Waals surface area contributed by atoms with Crippen LogP contribution in [0, 0.1) is 6.92 Å². The molecule has 4 heteroatoms. The number of rotatable bonds is 3. The number of anilines is 2. The Labute approximate surface area is 116 Å². The van der Waals surface area contributed by atoms with Gasteiger partial charge in [0.1, 0.15) is 0 Å². The Hall–Kier alpha value is -2.62. The fraction of sp³-hybridized carbons (Fsp3) is 0.125. The van der Waals surface area contributed by atoms with Gasteiger partial charge in [0.05, 0.1) is 11.7 Å². The van der Waals surface area contributed by atoms with Crippen LogP contribution in [0.3, 0.4) is 0 Å². The second kappa shape index (κ2) is 4.81. The zero-order chi connectivity index (χ0) is 14.1. The molecule has 100 valence electrons. The van der Waals surface area contributed by atoms with Gasteiger partial charge in [-0.3, -0.25) is 9.89 Å². The third-order valence-corrected chi connectivity index (χ3v) is 3.34. The summed E-state index contributed by atoms with van der Waals surface area (Å²) in [6.07, 6.45) is 1.80. The molecule has 0 atom stereocenters. The lowest BCUT2D eigenvalue weighted by Crippen LogP contribution is -1.97. The standard InChI is InChI=1S/C16H15N3O/c1-10-7-13(5-6-15(10)11(2)20)18-14-4-3-12-9-17-19-16(12)8-14/h3-9,18H,1-2H3,(H,17,19). The number of carbonyl (C=O) groups excluding carboxylic acids is 1. The van der Waals surface area contributed by atoms with E-state index in [-0.39, 0.29) is 5.78 Å². The topological polar surface area (TPSA) is 57.8 Å². The van der Waals surface area contributed by atoms with Crippen LogP contribution in [-0.2, 0) is 0 Å². The zero-order valence-electron chi connectivity index (χ0n) is 11.4. The molecule has 1 heterocycles. The lowest BCUT2D eigenvalue weighted by molar-refractivity contribution is 0.101. The van der Waals surface area contributed by atoms with E-state index in [1.807, 2.05) is 43.3 Å². The number of nitrogens with one attached hydrogen (secondary N) is 2. The van der Waals surface area contributed by atoms with E-state index in [1.54, 1.807) is 13.1 Å². The Morgan fingerprint density at radius 3 is 2.65 bits per heavy atom. The summed E-state index contributed by atoms with van der Waals surface area (Å²) in [6, 6.07) is 11.8. The van der Waals surface area contributed by atoms with Crippen molar-refractivity contribution < 1.29 is 4.79 Å². The van der Waals surface area contributed by atoms with Gasteiger partial charge in [0.15, 0.2) is 5.78 Å². The van der Waals surface area contributed by atoms with Gasteiger partial charge in [-0.1, -0.05) is 0 Å². The highest BCUT2D eigenvalue weighted by atomic mass is 16.1. The van der Waals surface area contributed by atoms with E-state index in [4.69, 9.17) is 0 Å². The summed E-state index contributed by atoms with van der Waals surface area (Å²) >= 11 is 0. The molecule has 2 N–H and O–H groups in total. The second-order valence-electron chi connectivity index (χ2n) is 4.88. The summed E-state index contributed by atoms with van der Waals surface area (Å²) in [5, 5.41) is 11.4. The lowest BCUT2D eigenvalue weighted by Gasteiger charge is -2.09. The quantitative estimate of drug-likeness (QED) is 0.708. The van der Waals surface area contributed by atoms with Crippen LogP contribution in [0.5, 0.6) is 0 Å². The van der Waals surface area contributed by atoms with E-state index in [0.717, 1.165) is 33.4 Å². The fourth-order valence-corrected chi connectivity index (χ4v) is 2.32. The van der Waals surface area contributed by atoms with Crippen molar-refractivity contribution in [1.82, 2.24) is 10.2 Å². The van der Waals surface area contributed by atoms with Gasteiger partial charge in [0, 0.05) is 22.3 Å². The van der Waals surface area contributed by atoms with Crippen LogP contribution in [-0.4, -0.2) is 16.0 Å². The normalized spacial score (nSPS) is 10.7. The maximum absolute atomic E-state index is 11.4. The largest absolute Gasteiger partial charge is 0.355 e. The Balaban J connectivity index is 1.90. The molecule has 0 saturated heterocycles. The average Bonchev–Trinajstić information content (AvgIpc) is 2.85. The molecule has 0 aliphatic rings. The maximum Gasteiger partial charge on any atom is 0.160 e. The van der Waals surface area contributed by atoms with E-state index in [2.05, 4.69) is 15.5 Å². The van der Waals surface area contributed by atoms with Crippen molar-refractivity contribution in [3.63, 3.8) is 0 Å². The zero-order valence-corrected chi connectivity index (χ0v) is 11.4. The molecule has 0 saturated carbocycles. The summed E-state index contributed by atoms with van der Waals surface area (Å²) in [5.41, 5.74) is 4.68. The molecule has 2 aromatic carbocycles. The average molecular weight is 265 g/mol. The number of ketones is 1. The molecule has 0 unspecified atom stereocenters. The SMILES string of the molecule is CC(=O)c1ccc(Nc2ccc3cn[nH]c3c2)cc1C. The highest BCUT2D eigenvalue weighted by Crippen LogP contribution is 2.22. The second-order valence-corrected chi connectivity index (χ2v) is 4.88. The van der Waals surface area contributed by atoms with Gasteiger partial charge in [-0.15, -0.1) is 0 Å². The summed E-state index contributed by atoms with van der Waals surface area (Å²) in [6.45, 7) is 3.53. The van der Waals surface area contributed by atoms with Gasteiger partial charge < -0.3 is 5.32 Å². The summed E-state index contributed by atoms with van der Waals surface area (Å²) in [4.78, 5) is 11.4. The number of aromatic amines is 1. The third kappa shape index (κ3) is 2.28. The molecule has 0 radical (unpaired) electrons. The summed E-state index contributed by atoms with van der Waals surface area (Å²) in [7, 11) is 0. The van der Waals surface area contributed by atoms with Gasteiger partial charge in [0.2, 0.25) is 0 Å². The van der Waals surface area contributed by atoms with Crippen molar-refractivity contribution in [1.29, 1.82) is 0 Å². The van der Waals surface area contributed by atoms with Crippen molar-refractivity contribution in [2.45, 2.75) is 13.8 Å². The summed E-state index contributed by atoms with van der Waals surface area (Å²) in [5.74, 6) is 0.0907. The molecule has 0 amide bonds. The van der Waals surface area contributed by atoms with E-state index in [1.165, 1.54) is 0 Å². The predicted octanol–water partition coefficient (Wildman–Crippen LogP) is 3.82. The number of aromatic nitrogens is 2. The van der Waals surface area contributed by atoms with Crippen LogP contribution in [0.25, 0.3) is 10.9 Å². The molecule has 4 nitrogen and oxygen atoms in total. The molecule has 0 aliphatic carbocycles. The van der Waals surface area contributed by atoms with Crippen molar-refractivity contribution >= 4 is 28.1 Å². The highest BCUT2D eigenvalue weighted by molar-refractivity contribution is 5.96. The number of H-pyrrole nitrogens is 1. The monoisotopic (exact) mass is 265 g/mol. The number of hydrogen-bond acceptors (Lipinski definition) is 3. The van der Waals surface area contributed by atoms with Gasteiger partial charge in [-0.25, -0.2) is 0 Å². The number of carbonyl (C=O) groups is 1. The van der Waals surface area contributed by atoms with E-state index in [0.29, 0.717) is 0 Å². The molecule has 20 heavy (non-hydrogen) atoms. The van der Waals surface area contributed by atoms with Crippen molar-refractivity contribution in [3.8, 4) is 0 Å².